The van der Waals surface area contributed by atoms with Gasteiger partial charge in [0.25, 0.3) is 0 Å². The van der Waals surface area contributed by atoms with E-state index in [-0.39, 0.29) is 12.6 Å². The summed E-state index contributed by atoms with van der Waals surface area (Å²) >= 11 is 0. The molecule has 0 bridgehead atoms. The third-order valence-electron chi connectivity index (χ3n) is 2.29. The van der Waals surface area contributed by atoms with Crippen LogP contribution in [0.2, 0.25) is 0 Å². The molecule has 0 aliphatic rings. The molecule has 0 spiro atoms. The van der Waals surface area contributed by atoms with E-state index in [1.807, 2.05) is 49.9 Å². The van der Waals surface area contributed by atoms with Gasteiger partial charge >= 0.3 is 5.97 Å². The molecule has 1 N–H and O–H groups in total. The Balaban J connectivity index is 2.88. The van der Waals surface area contributed by atoms with Gasteiger partial charge in [-0.05, 0) is 32.9 Å². The SMILES string of the molecule is Cc1ccc(N(CC(=O)O)C(C)C)cc1. The van der Waals surface area contributed by atoms with Crippen molar-refractivity contribution in [3.05, 3.63) is 29.8 Å². The van der Waals surface area contributed by atoms with Crippen LogP contribution in [-0.4, -0.2) is 23.7 Å². The Kier molecular flexibility index (Phi) is 3.72. The van der Waals surface area contributed by atoms with Gasteiger partial charge in [0.2, 0.25) is 0 Å². The van der Waals surface area contributed by atoms with Gasteiger partial charge in [0.05, 0.1) is 0 Å². The Morgan fingerprint density at radius 3 is 2.27 bits per heavy atom. The average Bonchev–Trinajstić information content (AvgIpc) is 2.15. The van der Waals surface area contributed by atoms with Gasteiger partial charge in [0.15, 0.2) is 0 Å². The van der Waals surface area contributed by atoms with Crippen LogP contribution in [0.5, 0.6) is 0 Å². The summed E-state index contributed by atoms with van der Waals surface area (Å²) in [7, 11) is 0. The van der Waals surface area contributed by atoms with E-state index < -0.39 is 5.97 Å². The summed E-state index contributed by atoms with van der Waals surface area (Å²) in [5.41, 5.74) is 2.13. The molecule has 0 saturated heterocycles. The van der Waals surface area contributed by atoms with Crippen LogP contribution in [0.3, 0.4) is 0 Å². The molecule has 0 aliphatic carbocycles. The second kappa shape index (κ2) is 4.82. The fourth-order valence-electron chi connectivity index (χ4n) is 1.45. The van der Waals surface area contributed by atoms with Gasteiger partial charge in [-0.2, -0.15) is 0 Å². The van der Waals surface area contributed by atoms with Crippen molar-refractivity contribution in [3.63, 3.8) is 0 Å². The molecule has 3 heteroatoms. The third kappa shape index (κ3) is 3.27. The normalized spacial score (nSPS) is 10.4. The minimum atomic E-state index is -0.802. The fraction of sp³-hybridized carbons (Fsp3) is 0.417. The molecular weight excluding hydrogens is 190 g/mol. The van der Waals surface area contributed by atoms with Gasteiger partial charge in [-0.3, -0.25) is 4.79 Å². The van der Waals surface area contributed by atoms with Crippen LogP contribution in [0.25, 0.3) is 0 Å². The van der Waals surface area contributed by atoms with Gasteiger partial charge in [-0.1, -0.05) is 17.7 Å². The Morgan fingerprint density at radius 1 is 1.33 bits per heavy atom. The number of carboxylic acid groups (broad SMARTS) is 1. The number of aliphatic carboxylic acids is 1. The Morgan fingerprint density at radius 2 is 1.87 bits per heavy atom. The van der Waals surface area contributed by atoms with Crippen LogP contribution < -0.4 is 4.90 Å². The molecule has 0 amide bonds. The number of aryl methyl sites for hydroxylation is 1. The lowest BCUT2D eigenvalue weighted by Gasteiger charge is -2.27. The molecule has 1 aromatic carbocycles. The molecule has 0 heterocycles. The van der Waals surface area contributed by atoms with E-state index in [1.54, 1.807) is 0 Å². The molecular formula is C12H17NO2. The van der Waals surface area contributed by atoms with E-state index in [0.29, 0.717) is 0 Å². The molecule has 0 atom stereocenters. The van der Waals surface area contributed by atoms with Gasteiger partial charge in [-0.25, -0.2) is 0 Å². The number of benzene rings is 1. The predicted molar refractivity (Wildman–Crippen MR) is 61.3 cm³/mol. The molecule has 3 nitrogen and oxygen atoms in total. The fourth-order valence-corrected chi connectivity index (χ4v) is 1.45. The molecule has 15 heavy (non-hydrogen) atoms. The number of hydrogen-bond donors (Lipinski definition) is 1. The van der Waals surface area contributed by atoms with Gasteiger partial charge < -0.3 is 10.0 Å². The molecule has 0 radical (unpaired) electrons. The summed E-state index contributed by atoms with van der Waals surface area (Å²) in [6.45, 7) is 6.03. The molecule has 0 unspecified atom stereocenters. The van der Waals surface area contributed by atoms with Crippen molar-refractivity contribution >= 4 is 11.7 Å². The van der Waals surface area contributed by atoms with Crippen LogP contribution in [0.4, 0.5) is 5.69 Å². The van der Waals surface area contributed by atoms with E-state index in [1.165, 1.54) is 5.56 Å². The van der Waals surface area contributed by atoms with Crippen molar-refractivity contribution < 1.29 is 9.90 Å². The number of carboxylic acids is 1. The van der Waals surface area contributed by atoms with Crippen molar-refractivity contribution in [1.82, 2.24) is 0 Å². The standard InChI is InChI=1S/C12H17NO2/c1-9(2)13(8-12(14)15)11-6-4-10(3)5-7-11/h4-7,9H,8H2,1-3H3,(H,14,15). The quantitative estimate of drug-likeness (QED) is 0.823. The molecule has 1 aromatic rings. The smallest absolute Gasteiger partial charge is 0.323 e. The largest absolute Gasteiger partial charge is 0.480 e. The van der Waals surface area contributed by atoms with E-state index in [0.717, 1.165) is 5.69 Å². The Bertz CT molecular complexity index is 330. The van der Waals surface area contributed by atoms with Crippen molar-refractivity contribution in [2.24, 2.45) is 0 Å². The topological polar surface area (TPSA) is 40.5 Å². The minimum Gasteiger partial charge on any atom is -0.480 e. The molecule has 0 aromatic heterocycles. The molecule has 0 aliphatic heterocycles. The molecule has 82 valence electrons. The summed E-state index contributed by atoms with van der Waals surface area (Å²) < 4.78 is 0. The van der Waals surface area contributed by atoms with Crippen molar-refractivity contribution in [1.29, 1.82) is 0 Å². The maximum atomic E-state index is 10.7. The highest BCUT2D eigenvalue weighted by molar-refractivity contribution is 5.74. The van der Waals surface area contributed by atoms with Crippen molar-refractivity contribution in [3.8, 4) is 0 Å². The maximum absolute atomic E-state index is 10.7. The zero-order valence-electron chi connectivity index (χ0n) is 9.40. The molecule has 0 saturated carbocycles. The lowest BCUT2D eigenvalue weighted by atomic mass is 10.2. The summed E-state index contributed by atoms with van der Waals surface area (Å²) in [4.78, 5) is 12.6. The third-order valence-corrected chi connectivity index (χ3v) is 2.29. The lowest BCUT2D eigenvalue weighted by molar-refractivity contribution is -0.135. The first-order chi connectivity index (χ1) is 7.00. The zero-order valence-corrected chi connectivity index (χ0v) is 9.40. The summed E-state index contributed by atoms with van der Waals surface area (Å²) in [6, 6.07) is 8.08. The van der Waals surface area contributed by atoms with Crippen molar-refractivity contribution in [2.45, 2.75) is 26.8 Å². The monoisotopic (exact) mass is 207 g/mol. The zero-order chi connectivity index (χ0) is 11.4. The van der Waals surface area contributed by atoms with Gasteiger partial charge in [0.1, 0.15) is 6.54 Å². The van der Waals surface area contributed by atoms with Crippen molar-refractivity contribution in [2.75, 3.05) is 11.4 Å². The summed E-state index contributed by atoms with van der Waals surface area (Å²) in [6.07, 6.45) is 0. The van der Waals surface area contributed by atoms with Gasteiger partial charge in [-0.15, -0.1) is 0 Å². The maximum Gasteiger partial charge on any atom is 0.323 e. The number of carbonyl (C=O) groups is 1. The van der Waals surface area contributed by atoms with Crippen LogP contribution in [0.1, 0.15) is 19.4 Å². The van der Waals surface area contributed by atoms with E-state index in [4.69, 9.17) is 5.11 Å². The van der Waals surface area contributed by atoms with E-state index >= 15 is 0 Å². The number of rotatable bonds is 4. The number of anilines is 1. The highest BCUT2D eigenvalue weighted by Gasteiger charge is 2.13. The second-order valence-corrected chi connectivity index (χ2v) is 3.95. The summed E-state index contributed by atoms with van der Waals surface area (Å²) in [5, 5.41) is 8.81. The predicted octanol–water partition coefficient (Wildman–Crippen LogP) is 2.29. The van der Waals surface area contributed by atoms with E-state index in [2.05, 4.69) is 0 Å². The number of nitrogens with zero attached hydrogens (tertiary/aromatic N) is 1. The first-order valence-corrected chi connectivity index (χ1v) is 5.06. The highest BCUT2D eigenvalue weighted by Crippen LogP contribution is 2.17. The first kappa shape index (κ1) is 11.6. The average molecular weight is 207 g/mol. The number of hydrogen-bond acceptors (Lipinski definition) is 2. The second-order valence-electron chi connectivity index (χ2n) is 3.95. The summed E-state index contributed by atoms with van der Waals surface area (Å²) in [5.74, 6) is -0.802. The van der Waals surface area contributed by atoms with Crippen LogP contribution in [-0.2, 0) is 4.79 Å². The van der Waals surface area contributed by atoms with Crippen LogP contribution >= 0.6 is 0 Å². The Labute approximate surface area is 90.3 Å². The van der Waals surface area contributed by atoms with Crippen LogP contribution in [0.15, 0.2) is 24.3 Å². The first-order valence-electron chi connectivity index (χ1n) is 5.06. The molecule has 0 fully saturated rings. The lowest BCUT2D eigenvalue weighted by Crippen LogP contribution is -2.35. The Hall–Kier alpha value is -1.51. The van der Waals surface area contributed by atoms with Crippen LogP contribution in [0, 0.1) is 6.92 Å². The highest BCUT2D eigenvalue weighted by atomic mass is 16.4. The molecule has 1 rings (SSSR count). The minimum absolute atomic E-state index is 0.0424. The van der Waals surface area contributed by atoms with Gasteiger partial charge in [0, 0.05) is 11.7 Å². The van der Waals surface area contributed by atoms with E-state index in [9.17, 15) is 4.79 Å².